The molecule has 0 saturated carbocycles. The number of hydrogen-bond acceptors (Lipinski definition) is 6. The average molecular weight is 273 g/mol. The SMILES string of the molecule is O=CN(O)CC(O)C(O)C(O)CCP(=O)(O)O. The summed E-state index contributed by atoms with van der Waals surface area (Å²) >= 11 is 0. The minimum atomic E-state index is -4.29. The molecule has 0 radical (unpaired) electrons. The number of rotatable bonds is 8. The van der Waals surface area contributed by atoms with E-state index in [1.807, 2.05) is 0 Å². The Bertz CT molecular complexity index is 281. The van der Waals surface area contributed by atoms with Crippen molar-refractivity contribution in [2.45, 2.75) is 24.7 Å². The molecule has 0 saturated heterocycles. The lowest BCUT2D eigenvalue weighted by Gasteiger charge is -2.24. The lowest BCUT2D eigenvalue weighted by atomic mass is 10.1. The highest BCUT2D eigenvalue weighted by atomic mass is 31.2. The summed E-state index contributed by atoms with van der Waals surface area (Å²) in [5.74, 6) is 0. The zero-order valence-corrected chi connectivity index (χ0v) is 9.72. The summed E-state index contributed by atoms with van der Waals surface area (Å²) in [5.41, 5.74) is 0. The monoisotopic (exact) mass is 273 g/mol. The molecule has 0 aliphatic heterocycles. The first-order chi connectivity index (χ1) is 7.67. The third kappa shape index (κ3) is 7.40. The number of amides is 1. The number of aliphatic hydroxyl groups excluding tert-OH is 3. The molecule has 9 nitrogen and oxygen atoms in total. The van der Waals surface area contributed by atoms with Gasteiger partial charge in [0.1, 0.15) is 12.2 Å². The third-order valence-electron chi connectivity index (χ3n) is 2.00. The molecule has 17 heavy (non-hydrogen) atoms. The largest absolute Gasteiger partial charge is 0.390 e. The zero-order valence-electron chi connectivity index (χ0n) is 8.82. The van der Waals surface area contributed by atoms with Gasteiger partial charge in [-0.15, -0.1) is 0 Å². The number of aliphatic hydroxyl groups is 3. The quantitative estimate of drug-likeness (QED) is 0.122. The van der Waals surface area contributed by atoms with Crippen molar-refractivity contribution in [3.63, 3.8) is 0 Å². The van der Waals surface area contributed by atoms with Crippen LogP contribution >= 0.6 is 7.60 Å². The van der Waals surface area contributed by atoms with Crippen LogP contribution in [0.15, 0.2) is 0 Å². The van der Waals surface area contributed by atoms with Crippen molar-refractivity contribution >= 4 is 14.0 Å². The summed E-state index contributed by atoms with van der Waals surface area (Å²) < 4.78 is 10.5. The molecule has 0 aliphatic carbocycles. The van der Waals surface area contributed by atoms with Crippen molar-refractivity contribution in [1.29, 1.82) is 0 Å². The van der Waals surface area contributed by atoms with Crippen molar-refractivity contribution in [2.24, 2.45) is 0 Å². The van der Waals surface area contributed by atoms with Crippen LogP contribution in [0.3, 0.4) is 0 Å². The van der Waals surface area contributed by atoms with Gasteiger partial charge in [0.15, 0.2) is 0 Å². The van der Waals surface area contributed by atoms with Gasteiger partial charge in [0, 0.05) is 0 Å². The lowest BCUT2D eigenvalue weighted by molar-refractivity contribution is -0.163. The van der Waals surface area contributed by atoms with E-state index in [2.05, 4.69) is 0 Å². The average Bonchev–Trinajstić information content (AvgIpc) is 2.23. The molecule has 0 fully saturated rings. The van der Waals surface area contributed by atoms with Gasteiger partial charge in [-0.3, -0.25) is 14.6 Å². The Morgan fingerprint density at radius 1 is 1.18 bits per heavy atom. The Morgan fingerprint density at radius 2 is 1.71 bits per heavy atom. The predicted molar refractivity (Wildman–Crippen MR) is 54.1 cm³/mol. The molecule has 0 aliphatic rings. The molecule has 3 atom stereocenters. The van der Waals surface area contributed by atoms with Crippen LogP contribution in [0.5, 0.6) is 0 Å². The molecule has 0 rings (SSSR count). The summed E-state index contributed by atoms with van der Waals surface area (Å²) in [6.07, 6.45) is -5.99. The first-order valence-electron chi connectivity index (χ1n) is 4.67. The number of carbonyl (C=O) groups excluding carboxylic acids is 1. The van der Waals surface area contributed by atoms with Crippen molar-refractivity contribution in [3.05, 3.63) is 0 Å². The highest BCUT2D eigenvalue weighted by Crippen LogP contribution is 2.35. The maximum absolute atomic E-state index is 10.5. The predicted octanol–water partition coefficient (Wildman–Crippen LogP) is -2.52. The number of nitrogens with zero attached hydrogens (tertiary/aromatic N) is 1. The minimum absolute atomic E-state index is 0.00202. The second kappa shape index (κ2) is 7.02. The zero-order chi connectivity index (χ0) is 13.6. The van der Waals surface area contributed by atoms with Gasteiger partial charge < -0.3 is 25.1 Å². The molecule has 0 bridgehead atoms. The van der Waals surface area contributed by atoms with Crippen molar-refractivity contribution in [1.82, 2.24) is 5.06 Å². The lowest BCUT2D eigenvalue weighted by Crippen LogP contribution is -2.43. The van der Waals surface area contributed by atoms with E-state index >= 15 is 0 Å². The molecule has 0 aromatic heterocycles. The minimum Gasteiger partial charge on any atom is -0.390 e. The molecule has 0 aromatic rings. The van der Waals surface area contributed by atoms with E-state index in [1.54, 1.807) is 0 Å². The second-order valence-corrected chi connectivity index (χ2v) is 5.31. The maximum Gasteiger partial charge on any atom is 0.325 e. The van der Waals surface area contributed by atoms with E-state index in [4.69, 9.17) is 15.0 Å². The van der Waals surface area contributed by atoms with Crippen molar-refractivity contribution in [2.75, 3.05) is 12.7 Å². The third-order valence-corrected chi connectivity index (χ3v) is 2.84. The van der Waals surface area contributed by atoms with E-state index in [0.717, 1.165) is 0 Å². The molecule has 0 aromatic carbocycles. The van der Waals surface area contributed by atoms with Crippen molar-refractivity contribution < 1.29 is 39.7 Å². The number of hydroxylamine groups is 2. The van der Waals surface area contributed by atoms with Gasteiger partial charge in [-0.25, -0.2) is 5.06 Å². The summed E-state index contributed by atoms with van der Waals surface area (Å²) in [5, 5.41) is 36.6. The molecule has 0 spiro atoms. The first kappa shape index (κ1) is 16.5. The molecular weight excluding hydrogens is 257 g/mol. The van der Waals surface area contributed by atoms with Crippen LogP contribution in [0.25, 0.3) is 0 Å². The Labute approximate surface area is 97.0 Å². The van der Waals surface area contributed by atoms with Crippen LogP contribution < -0.4 is 0 Å². The number of hydrogen-bond donors (Lipinski definition) is 6. The number of carbonyl (C=O) groups is 1. The summed E-state index contributed by atoms with van der Waals surface area (Å²) in [6.45, 7) is -0.627. The summed E-state index contributed by atoms with van der Waals surface area (Å²) in [6, 6.07) is 0. The highest BCUT2D eigenvalue weighted by molar-refractivity contribution is 7.51. The smallest absolute Gasteiger partial charge is 0.325 e. The van der Waals surface area contributed by atoms with Gasteiger partial charge in [0.05, 0.1) is 18.8 Å². The van der Waals surface area contributed by atoms with Gasteiger partial charge in [-0.1, -0.05) is 0 Å². The molecular formula is C7H16NO8P. The fraction of sp³-hybridized carbons (Fsp3) is 0.857. The molecule has 6 N–H and O–H groups in total. The Kier molecular flexibility index (Phi) is 6.80. The Balaban J connectivity index is 4.15. The van der Waals surface area contributed by atoms with Gasteiger partial charge in [0.25, 0.3) is 0 Å². The summed E-state index contributed by atoms with van der Waals surface area (Å²) in [4.78, 5) is 27.1. The molecule has 0 heterocycles. The van der Waals surface area contributed by atoms with Gasteiger partial charge in [-0.05, 0) is 6.42 Å². The topological polar surface area (TPSA) is 159 Å². The maximum atomic E-state index is 10.5. The standard InChI is InChI=1S/C7H16NO8P/c9-4-8(13)3-6(11)7(12)5(10)1-2-17(14,15)16/h4-7,10-13H,1-3H2,(H2,14,15,16). The van der Waals surface area contributed by atoms with E-state index < -0.39 is 45.0 Å². The van der Waals surface area contributed by atoms with E-state index in [9.17, 15) is 24.7 Å². The first-order valence-corrected chi connectivity index (χ1v) is 6.46. The Morgan fingerprint density at radius 3 is 2.12 bits per heavy atom. The van der Waals surface area contributed by atoms with E-state index in [0.29, 0.717) is 0 Å². The van der Waals surface area contributed by atoms with Crippen LogP contribution in [0.2, 0.25) is 0 Å². The molecule has 3 unspecified atom stereocenters. The van der Waals surface area contributed by atoms with Gasteiger partial charge >= 0.3 is 7.60 Å². The second-order valence-electron chi connectivity index (χ2n) is 3.53. The Hall–Kier alpha value is -0.540. The van der Waals surface area contributed by atoms with Crippen LogP contribution in [-0.2, 0) is 9.36 Å². The van der Waals surface area contributed by atoms with Gasteiger partial charge in [0.2, 0.25) is 6.41 Å². The van der Waals surface area contributed by atoms with E-state index in [1.165, 1.54) is 0 Å². The highest BCUT2D eigenvalue weighted by Gasteiger charge is 2.27. The van der Waals surface area contributed by atoms with Crippen LogP contribution in [0.1, 0.15) is 6.42 Å². The van der Waals surface area contributed by atoms with Crippen LogP contribution in [-0.4, -0.2) is 72.8 Å². The van der Waals surface area contributed by atoms with E-state index in [-0.39, 0.29) is 11.5 Å². The fourth-order valence-corrected chi connectivity index (χ4v) is 1.67. The molecule has 1 amide bonds. The van der Waals surface area contributed by atoms with Gasteiger partial charge in [-0.2, -0.15) is 0 Å². The van der Waals surface area contributed by atoms with Crippen molar-refractivity contribution in [3.8, 4) is 0 Å². The molecule has 102 valence electrons. The van der Waals surface area contributed by atoms with Crippen LogP contribution in [0.4, 0.5) is 0 Å². The molecule has 10 heteroatoms. The summed E-state index contributed by atoms with van der Waals surface area (Å²) in [7, 11) is -4.29. The van der Waals surface area contributed by atoms with Crippen LogP contribution in [0, 0.1) is 0 Å². The normalized spacial score (nSPS) is 17.3. The fourth-order valence-electron chi connectivity index (χ4n) is 1.07.